The van der Waals surface area contributed by atoms with Crippen LogP contribution in [0.15, 0.2) is 28.9 Å². The van der Waals surface area contributed by atoms with E-state index in [-0.39, 0.29) is 5.91 Å². The summed E-state index contributed by atoms with van der Waals surface area (Å²) in [5.74, 6) is 1.16. The van der Waals surface area contributed by atoms with E-state index >= 15 is 0 Å². The Kier molecular flexibility index (Phi) is 5.39. The third-order valence-corrected chi connectivity index (χ3v) is 3.71. The molecule has 0 spiro atoms. The van der Waals surface area contributed by atoms with E-state index in [0.29, 0.717) is 18.1 Å². The van der Waals surface area contributed by atoms with Gasteiger partial charge in [0.05, 0.1) is 25.1 Å². The van der Waals surface area contributed by atoms with Gasteiger partial charge in [-0.25, -0.2) is 4.98 Å². The fraction of sp³-hybridized carbons (Fsp3) is 0.438. The van der Waals surface area contributed by atoms with Gasteiger partial charge in [0.2, 0.25) is 0 Å². The first-order valence-corrected chi connectivity index (χ1v) is 7.95. The quantitative estimate of drug-likeness (QED) is 0.821. The molecule has 0 unspecified atom stereocenters. The molecule has 0 aromatic carbocycles. The van der Waals surface area contributed by atoms with Gasteiger partial charge in [-0.15, -0.1) is 0 Å². The third-order valence-electron chi connectivity index (χ3n) is 3.71. The van der Waals surface area contributed by atoms with Crippen molar-refractivity contribution < 1.29 is 14.1 Å². The van der Waals surface area contributed by atoms with Gasteiger partial charge in [-0.2, -0.15) is 0 Å². The number of hydrogen-bond acceptors (Lipinski definition) is 7. The summed E-state index contributed by atoms with van der Waals surface area (Å²) < 4.78 is 10.3. The molecule has 0 bridgehead atoms. The second-order valence-corrected chi connectivity index (χ2v) is 5.59. The van der Waals surface area contributed by atoms with E-state index in [1.54, 1.807) is 24.4 Å². The Bertz CT molecular complexity index is 665. The van der Waals surface area contributed by atoms with Gasteiger partial charge >= 0.3 is 0 Å². The van der Waals surface area contributed by atoms with Crippen molar-refractivity contribution in [3.05, 3.63) is 35.9 Å². The average molecular weight is 331 g/mol. The summed E-state index contributed by atoms with van der Waals surface area (Å²) >= 11 is 0. The fourth-order valence-corrected chi connectivity index (χ4v) is 2.42. The minimum absolute atomic E-state index is 0.174. The maximum Gasteiger partial charge on any atom is 0.269 e. The zero-order valence-electron chi connectivity index (χ0n) is 13.6. The number of amides is 1. The van der Waals surface area contributed by atoms with E-state index in [2.05, 4.69) is 25.7 Å². The minimum Gasteiger partial charge on any atom is -0.379 e. The number of nitrogens with zero attached hydrogens (tertiary/aromatic N) is 3. The first kappa shape index (κ1) is 16.4. The van der Waals surface area contributed by atoms with Crippen LogP contribution >= 0.6 is 0 Å². The van der Waals surface area contributed by atoms with E-state index in [1.807, 2.05) is 6.92 Å². The fourth-order valence-electron chi connectivity index (χ4n) is 2.42. The number of carbonyl (C=O) groups is 1. The third kappa shape index (κ3) is 4.53. The second-order valence-electron chi connectivity index (χ2n) is 5.59. The van der Waals surface area contributed by atoms with E-state index in [9.17, 15) is 4.79 Å². The van der Waals surface area contributed by atoms with Crippen LogP contribution in [0.2, 0.25) is 0 Å². The number of morpholine rings is 1. The van der Waals surface area contributed by atoms with Gasteiger partial charge in [-0.3, -0.25) is 9.69 Å². The number of carbonyl (C=O) groups excluding carboxylic acids is 1. The lowest BCUT2D eigenvalue weighted by atomic mass is 10.3. The Morgan fingerprint density at radius 2 is 2.17 bits per heavy atom. The van der Waals surface area contributed by atoms with Crippen molar-refractivity contribution in [1.82, 2.24) is 20.4 Å². The Balaban J connectivity index is 1.46. The molecule has 0 saturated carbocycles. The summed E-state index contributed by atoms with van der Waals surface area (Å²) in [5, 5.41) is 9.79. The van der Waals surface area contributed by atoms with E-state index in [0.717, 1.165) is 44.3 Å². The molecule has 2 aromatic heterocycles. The number of hydrogen-bond donors (Lipinski definition) is 2. The number of anilines is 2. The molecule has 1 saturated heterocycles. The zero-order valence-corrected chi connectivity index (χ0v) is 13.6. The molecule has 0 radical (unpaired) electrons. The SMILES string of the molecule is Cc1cc(Nc2ccc(C(=O)NCCN3CCOCC3)nc2)no1. The molecule has 24 heavy (non-hydrogen) atoms. The highest BCUT2D eigenvalue weighted by Crippen LogP contribution is 2.15. The summed E-state index contributed by atoms with van der Waals surface area (Å²) in [5.41, 5.74) is 1.13. The van der Waals surface area contributed by atoms with Gasteiger partial charge in [-0.05, 0) is 19.1 Å². The van der Waals surface area contributed by atoms with Gasteiger partial charge in [0.25, 0.3) is 5.91 Å². The summed E-state index contributed by atoms with van der Waals surface area (Å²) in [6.07, 6.45) is 1.60. The molecule has 1 fully saturated rings. The van der Waals surface area contributed by atoms with Crippen LogP contribution in [0.25, 0.3) is 0 Å². The minimum atomic E-state index is -0.174. The van der Waals surface area contributed by atoms with Crippen molar-refractivity contribution in [2.75, 3.05) is 44.7 Å². The predicted octanol–water partition coefficient (Wildman–Crippen LogP) is 1.18. The predicted molar refractivity (Wildman–Crippen MR) is 88.4 cm³/mol. The number of aryl methyl sites for hydroxylation is 1. The van der Waals surface area contributed by atoms with Crippen LogP contribution < -0.4 is 10.6 Å². The molecule has 1 aliphatic heterocycles. The van der Waals surface area contributed by atoms with Crippen molar-refractivity contribution in [3.8, 4) is 0 Å². The Morgan fingerprint density at radius 3 is 2.83 bits per heavy atom. The Hall–Kier alpha value is -2.45. The molecule has 8 heteroatoms. The maximum absolute atomic E-state index is 12.1. The highest BCUT2D eigenvalue weighted by atomic mass is 16.5. The summed E-state index contributed by atoms with van der Waals surface area (Å²) in [6, 6.07) is 5.25. The van der Waals surface area contributed by atoms with Gasteiger partial charge in [-0.1, -0.05) is 5.16 Å². The molecule has 1 aliphatic rings. The van der Waals surface area contributed by atoms with Gasteiger partial charge in [0.1, 0.15) is 11.5 Å². The van der Waals surface area contributed by atoms with E-state index in [4.69, 9.17) is 9.26 Å². The summed E-state index contributed by atoms with van der Waals surface area (Å²) in [7, 11) is 0. The lowest BCUT2D eigenvalue weighted by Gasteiger charge is -2.26. The van der Waals surface area contributed by atoms with E-state index < -0.39 is 0 Å². The van der Waals surface area contributed by atoms with Crippen molar-refractivity contribution in [2.24, 2.45) is 0 Å². The monoisotopic (exact) mass is 331 g/mol. The molecule has 2 aromatic rings. The standard InChI is InChI=1S/C16H21N5O3/c1-12-10-15(20-24-12)19-13-2-3-14(18-11-13)16(22)17-4-5-21-6-8-23-9-7-21/h2-3,10-11H,4-9H2,1H3,(H,17,22)(H,19,20). The number of pyridine rings is 1. The summed E-state index contributed by atoms with van der Waals surface area (Å²) in [4.78, 5) is 18.5. The van der Waals surface area contributed by atoms with Crippen molar-refractivity contribution in [1.29, 1.82) is 0 Å². The van der Waals surface area contributed by atoms with Gasteiger partial charge < -0.3 is 19.9 Å². The highest BCUT2D eigenvalue weighted by Gasteiger charge is 2.11. The lowest BCUT2D eigenvalue weighted by molar-refractivity contribution is 0.0383. The zero-order chi connectivity index (χ0) is 16.8. The largest absolute Gasteiger partial charge is 0.379 e. The van der Waals surface area contributed by atoms with Gasteiger partial charge in [0, 0.05) is 32.2 Å². The second kappa shape index (κ2) is 7.89. The number of nitrogens with one attached hydrogen (secondary N) is 2. The molecule has 8 nitrogen and oxygen atoms in total. The molecule has 1 amide bonds. The Labute approximate surface area is 140 Å². The normalized spacial score (nSPS) is 15.2. The smallest absolute Gasteiger partial charge is 0.269 e. The molecule has 128 valence electrons. The van der Waals surface area contributed by atoms with Crippen molar-refractivity contribution in [3.63, 3.8) is 0 Å². The van der Waals surface area contributed by atoms with E-state index in [1.165, 1.54) is 0 Å². The molecule has 0 atom stereocenters. The molecule has 3 rings (SSSR count). The first-order chi connectivity index (χ1) is 11.7. The average Bonchev–Trinajstić information content (AvgIpc) is 3.01. The Morgan fingerprint density at radius 1 is 1.33 bits per heavy atom. The van der Waals surface area contributed by atoms with Crippen LogP contribution in [-0.2, 0) is 4.74 Å². The van der Waals surface area contributed by atoms with Crippen LogP contribution in [0, 0.1) is 6.92 Å². The van der Waals surface area contributed by atoms with Crippen molar-refractivity contribution in [2.45, 2.75) is 6.92 Å². The van der Waals surface area contributed by atoms with Crippen LogP contribution in [-0.4, -0.2) is 60.3 Å². The number of rotatable bonds is 6. The number of ether oxygens (including phenoxy) is 1. The van der Waals surface area contributed by atoms with Crippen LogP contribution in [0.4, 0.5) is 11.5 Å². The maximum atomic E-state index is 12.1. The van der Waals surface area contributed by atoms with Crippen molar-refractivity contribution >= 4 is 17.4 Å². The highest BCUT2D eigenvalue weighted by molar-refractivity contribution is 5.92. The lowest BCUT2D eigenvalue weighted by Crippen LogP contribution is -2.41. The molecule has 3 heterocycles. The van der Waals surface area contributed by atoms with Crippen LogP contribution in [0.5, 0.6) is 0 Å². The topological polar surface area (TPSA) is 92.5 Å². The first-order valence-electron chi connectivity index (χ1n) is 7.95. The summed E-state index contributed by atoms with van der Waals surface area (Å²) in [6.45, 7) is 6.58. The molecular formula is C16H21N5O3. The van der Waals surface area contributed by atoms with Crippen LogP contribution in [0.3, 0.4) is 0 Å². The number of aromatic nitrogens is 2. The van der Waals surface area contributed by atoms with Gasteiger partial charge in [0.15, 0.2) is 5.82 Å². The molecular weight excluding hydrogens is 310 g/mol. The molecule has 2 N–H and O–H groups in total. The molecule has 0 aliphatic carbocycles. The van der Waals surface area contributed by atoms with Crippen LogP contribution in [0.1, 0.15) is 16.2 Å².